The topological polar surface area (TPSA) is 84.9 Å². The van der Waals surface area contributed by atoms with Gasteiger partial charge in [0.15, 0.2) is 6.29 Å². The highest BCUT2D eigenvalue weighted by molar-refractivity contribution is 7.99. The molecular formula is C31H31NO4S. The van der Waals surface area contributed by atoms with Crippen molar-refractivity contribution in [3.05, 3.63) is 131 Å². The van der Waals surface area contributed by atoms with Crippen LogP contribution in [0.2, 0.25) is 0 Å². The molecule has 1 fully saturated rings. The molecule has 0 saturated carbocycles. The summed E-state index contributed by atoms with van der Waals surface area (Å²) in [6, 6.07) is 33.6. The lowest BCUT2D eigenvalue weighted by Crippen LogP contribution is -2.38. The summed E-state index contributed by atoms with van der Waals surface area (Å²) in [4.78, 5) is 1.06. The largest absolute Gasteiger partial charge is 0.508 e. The van der Waals surface area contributed by atoms with E-state index in [-0.39, 0.29) is 30.5 Å². The molecule has 1 saturated heterocycles. The highest BCUT2D eigenvalue weighted by Gasteiger charge is 2.41. The van der Waals surface area contributed by atoms with Crippen LogP contribution in [0, 0.1) is 0 Å². The van der Waals surface area contributed by atoms with E-state index in [0.717, 1.165) is 32.7 Å². The van der Waals surface area contributed by atoms with Gasteiger partial charge in [0.2, 0.25) is 0 Å². The molecule has 0 spiro atoms. The summed E-state index contributed by atoms with van der Waals surface area (Å²) in [5.74, 6) is 0.905. The van der Waals surface area contributed by atoms with E-state index in [0.29, 0.717) is 12.3 Å². The Morgan fingerprint density at radius 3 is 2.00 bits per heavy atom. The highest BCUT2D eigenvalue weighted by atomic mass is 32.2. The summed E-state index contributed by atoms with van der Waals surface area (Å²) in [6.45, 7) is 0.480. The van der Waals surface area contributed by atoms with Crippen LogP contribution in [-0.4, -0.2) is 22.1 Å². The minimum absolute atomic E-state index is 0.000952. The third-order valence-electron chi connectivity index (χ3n) is 6.71. The number of phenols is 1. The number of phenolic OH excluding ortho intramolecular Hbond substituents is 1. The van der Waals surface area contributed by atoms with Crippen molar-refractivity contribution >= 4 is 11.8 Å². The number of benzene rings is 4. The fourth-order valence-corrected chi connectivity index (χ4v) is 5.65. The normalized spacial score (nSPS) is 21.6. The minimum Gasteiger partial charge on any atom is -0.508 e. The standard InChI is InChI=1S/C31H31NO4S/c32-18-21-6-12-25(13-7-21)31-35-28(20-37-27-16-14-26(34)15-17-27)29(23-4-2-1-3-5-23)30(36-31)24-10-8-22(19-33)9-11-24/h1-17,28-31,33-34H,18-20,32H2. The van der Waals surface area contributed by atoms with Gasteiger partial charge in [-0.1, -0.05) is 78.9 Å². The van der Waals surface area contributed by atoms with Gasteiger partial charge in [-0.3, -0.25) is 0 Å². The Bertz CT molecular complexity index is 1260. The van der Waals surface area contributed by atoms with Crippen LogP contribution in [0.4, 0.5) is 0 Å². The second kappa shape index (κ2) is 11.9. The van der Waals surface area contributed by atoms with Gasteiger partial charge in [0.1, 0.15) is 5.75 Å². The number of ether oxygens (including phenoxy) is 2. The Kier molecular flexibility index (Phi) is 8.24. The zero-order chi connectivity index (χ0) is 25.6. The molecule has 0 aliphatic carbocycles. The van der Waals surface area contributed by atoms with Crippen molar-refractivity contribution in [2.24, 2.45) is 5.73 Å². The molecule has 0 bridgehead atoms. The summed E-state index contributed by atoms with van der Waals surface area (Å²) < 4.78 is 13.4. The molecule has 6 heteroatoms. The number of hydrogen-bond donors (Lipinski definition) is 3. The Hall–Kier alpha value is -3.13. The van der Waals surface area contributed by atoms with Crippen molar-refractivity contribution in [1.82, 2.24) is 0 Å². The second-order valence-corrected chi connectivity index (χ2v) is 10.2. The van der Waals surface area contributed by atoms with Gasteiger partial charge in [-0.25, -0.2) is 0 Å². The maximum Gasteiger partial charge on any atom is 0.184 e. The van der Waals surface area contributed by atoms with E-state index in [1.807, 2.05) is 78.9 Å². The van der Waals surface area contributed by atoms with Gasteiger partial charge < -0.3 is 25.4 Å². The Morgan fingerprint density at radius 2 is 1.35 bits per heavy atom. The Balaban J connectivity index is 1.52. The molecular weight excluding hydrogens is 482 g/mol. The fourth-order valence-electron chi connectivity index (χ4n) is 4.68. The van der Waals surface area contributed by atoms with Crippen molar-refractivity contribution in [2.45, 2.75) is 42.5 Å². The molecule has 4 aromatic carbocycles. The van der Waals surface area contributed by atoms with Crippen LogP contribution >= 0.6 is 11.8 Å². The van der Waals surface area contributed by atoms with E-state index in [1.165, 1.54) is 0 Å². The molecule has 1 aliphatic rings. The fraction of sp³-hybridized carbons (Fsp3) is 0.226. The average molecular weight is 514 g/mol. The highest BCUT2D eigenvalue weighted by Crippen LogP contribution is 2.48. The maximum absolute atomic E-state index is 9.69. The van der Waals surface area contributed by atoms with Crippen LogP contribution in [0.1, 0.15) is 46.1 Å². The van der Waals surface area contributed by atoms with E-state index in [4.69, 9.17) is 15.2 Å². The summed E-state index contributed by atoms with van der Waals surface area (Å²) >= 11 is 1.70. The third kappa shape index (κ3) is 6.06. The number of nitrogens with two attached hydrogens (primary N) is 1. The van der Waals surface area contributed by atoms with E-state index in [1.54, 1.807) is 23.9 Å². The van der Waals surface area contributed by atoms with Crippen molar-refractivity contribution in [1.29, 1.82) is 0 Å². The predicted molar refractivity (Wildman–Crippen MR) is 146 cm³/mol. The molecule has 1 heterocycles. The van der Waals surface area contributed by atoms with Gasteiger partial charge in [-0.15, -0.1) is 11.8 Å². The summed E-state index contributed by atoms with van der Waals surface area (Å²) in [7, 11) is 0. The summed E-state index contributed by atoms with van der Waals surface area (Å²) in [5, 5.41) is 19.2. The SMILES string of the molecule is NCc1ccc(C2OC(CSc3ccc(O)cc3)C(c3ccccc3)C(c3ccc(CO)cc3)O2)cc1. The molecule has 1 aliphatic heterocycles. The average Bonchev–Trinajstić information content (AvgIpc) is 2.97. The monoisotopic (exact) mass is 513 g/mol. The lowest BCUT2D eigenvalue weighted by molar-refractivity contribution is -0.255. The van der Waals surface area contributed by atoms with Crippen LogP contribution in [0.5, 0.6) is 5.75 Å². The number of aliphatic hydroxyl groups excluding tert-OH is 1. The Labute approximate surface area is 221 Å². The molecule has 0 amide bonds. The van der Waals surface area contributed by atoms with Crippen molar-refractivity contribution < 1.29 is 19.7 Å². The molecule has 5 nitrogen and oxygen atoms in total. The number of aromatic hydroxyl groups is 1. The van der Waals surface area contributed by atoms with Gasteiger partial charge in [0.05, 0.1) is 18.8 Å². The predicted octanol–water partition coefficient (Wildman–Crippen LogP) is 6.07. The molecule has 37 heavy (non-hydrogen) atoms. The molecule has 4 aromatic rings. The van der Waals surface area contributed by atoms with Crippen LogP contribution in [0.15, 0.2) is 108 Å². The van der Waals surface area contributed by atoms with Crippen molar-refractivity contribution in [3.8, 4) is 5.75 Å². The van der Waals surface area contributed by atoms with Crippen LogP contribution in [0.3, 0.4) is 0 Å². The summed E-state index contributed by atoms with van der Waals surface area (Å²) in [5.41, 5.74) is 10.9. The van der Waals surface area contributed by atoms with E-state index in [2.05, 4.69) is 12.1 Å². The maximum atomic E-state index is 9.69. The molecule has 190 valence electrons. The second-order valence-electron chi connectivity index (χ2n) is 9.15. The van der Waals surface area contributed by atoms with Crippen molar-refractivity contribution in [2.75, 3.05) is 5.75 Å². The van der Waals surface area contributed by atoms with Crippen LogP contribution < -0.4 is 5.73 Å². The molecule has 4 atom stereocenters. The van der Waals surface area contributed by atoms with Gasteiger partial charge in [0, 0.05) is 28.7 Å². The first-order valence-electron chi connectivity index (χ1n) is 12.4. The van der Waals surface area contributed by atoms with Gasteiger partial charge in [0.25, 0.3) is 0 Å². The van der Waals surface area contributed by atoms with Gasteiger partial charge in [-0.05, 0) is 46.5 Å². The van der Waals surface area contributed by atoms with E-state index in [9.17, 15) is 10.2 Å². The number of thioether (sulfide) groups is 1. The first-order chi connectivity index (χ1) is 18.1. The zero-order valence-corrected chi connectivity index (χ0v) is 21.3. The van der Waals surface area contributed by atoms with Gasteiger partial charge in [-0.2, -0.15) is 0 Å². The molecule has 5 rings (SSSR count). The number of hydrogen-bond acceptors (Lipinski definition) is 6. The molecule has 0 aromatic heterocycles. The van der Waals surface area contributed by atoms with Crippen molar-refractivity contribution in [3.63, 3.8) is 0 Å². The van der Waals surface area contributed by atoms with Gasteiger partial charge >= 0.3 is 0 Å². The van der Waals surface area contributed by atoms with E-state index < -0.39 is 6.29 Å². The lowest BCUT2D eigenvalue weighted by atomic mass is 9.84. The Morgan fingerprint density at radius 1 is 0.703 bits per heavy atom. The molecule has 4 N–H and O–H groups in total. The smallest absolute Gasteiger partial charge is 0.184 e. The zero-order valence-electron chi connectivity index (χ0n) is 20.4. The molecule has 0 radical (unpaired) electrons. The first kappa shape index (κ1) is 25.5. The van der Waals surface area contributed by atoms with E-state index >= 15 is 0 Å². The quantitative estimate of drug-likeness (QED) is 0.248. The molecule has 4 unspecified atom stereocenters. The lowest BCUT2D eigenvalue weighted by Gasteiger charge is -2.43. The summed E-state index contributed by atoms with van der Waals surface area (Å²) in [6.07, 6.45) is -0.954. The third-order valence-corrected chi connectivity index (χ3v) is 7.81. The number of aliphatic hydroxyl groups is 1. The van der Waals surface area contributed by atoms with Crippen LogP contribution in [-0.2, 0) is 22.6 Å². The van der Waals surface area contributed by atoms with Crippen LogP contribution in [0.25, 0.3) is 0 Å². The first-order valence-corrected chi connectivity index (χ1v) is 13.4. The number of rotatable bonds is 8. The minimum atomic E-state index is -0.542.